The van der Waals surface area contributed by atoms with Crippen molar-refractivity contribution in [1.29, 1.82) is 0 Å². The summed E-state index contributed by atoms with van der Waals surface area (Å²) in [5, 5.41) is 12.6. The third kappa shape index (κ3) is 3.00. The second kappa shape index (κ2) is 5.85. The van der Waals surface area contributed by atoms with Gasteiger partial charge in [0.25, 0.3) is 0 Å². The van der Waals surface area contributed by atoms with Gasteiger partial charge in [-0.15, -0.1) is 0 Å². The number of hydrogen-bond acceptors (Lipinski definition) is 3. The van der Waals surface area contributed by atoms with Crippen molar-refractivity contribution in [2.75, 3.05) is 24.6 Å². The molecule has 0 spiro atoms. The van der Waals surface area contributed by atoms with Gasteiger partial charge in [-0.1, -0.05) is 12.1 Å². The predicted octanol–water partition coefficient (Wildman–Crippen LogP) is 2.00. The van der Waals surface area contributed by atoms with Crippen molar-refractivity contribution in [2.24, 2.45) is 0 Å². The van der Waals surface area contributed by atoms with Crippen molar-refractivity contribution in [2.45, 2.75) is 25.4 Å². The maximum atomic E-state index is 9.15. The van der Waals surface area contributed by atoms with Gasteiger partial charge in [0, 0.05) is 36.3 Å². The first-order valence-electron chi connectivity index (χ1n) is 6.07. The van der Waals surface area contributed by atoms with Crippen molar-refractivity contribution in [1.82, 2.24) is 5.32 Å². The number of anilines is 1. The van der Waals surface area contributed by atoms with Crippen LogP contribution in [0.4, 0.5) is 5.69 Å². The van der Waals surface area contributed by atoms with Crippen LogP contribution >= 0.6 is 15.9 Å². The lowest BCUT2D eigenvalue weighted by atomic mass is 10.1. The first-order valence-corrected chi connectivity index (χ1v) is 6.87. The first kappa shape index (κ1) is 12.9. The van der Waals surface area contributed by atoms with E-state index >= 15 is 0 Å². The average Bonchev–Trinajstić information content (AvgIpc) is 2.32. The van der Waals surface area contributed by atoms with E-state index in [0.29, 0.717) is 12.1 Å². The van der Waals surface area contributed by atoms with Crippen molar-refractivity contribution >= 4 is 21.6 Å². The van der Waals surface area contributed by atoms with E-state index in [9.17, 15) is 0 Å². The molecule has 1 saturated heterocycles. The van der Waals surface area contributed by atoms with Crippen LogP contribution in [0.15, 0.2) is 28.7 Å². The van der Waals surface area contributed by atoms with E-state index in [4.69, 9.17) is 5.11 Å². The van der Waals surface area contributed by atoms with E-state index in [1.807, 2.05) is 6.07 Å². The normalized spacial score (nSPS) is 25.0. The van der Waals surface area contributed by atoms with Crippen LogP contribution in [-0.2, 0) is 0 Å². The molecule has 0 aromatic heterocycles. The van der Waals surface area contributed by atoms with Gasteiger partial charge in [-0.25, -0.2) is 0 Å². The Bertz CT molecular complexity index is 372. The smallest absolute Gasteiger partial charge is 0.0514 e. The molecule has 0 radical (unpaired) electrons. The van der Waals surface area contributed by atoms with Gasteiger partial charge < -0.3 is 15.3 Å². The molecule has 1 aliphatic heterocycles. The molecule has 4 heteroatoms. The van der Waals surface area contributed by atoms with Crippen LogP contribution in [0.5, 0.6) is 0 Å². The van der Waals surface area contributed by atoms with Crippen LogP contribution in [0.2, 0.25) is 0 Å². The number of aliphatic hydroxyl groups is 1. The van der Waals surface area contributed by atoms with Crippen molar-refractivity contribution < 1.29 is 5.11 Å². The van der Waals surface area contributed by atoms with Gasteiger partial charge in [-0.2, -0.15) is 0 Å². The molecule has 0 bridgehead atoms. The molecule has 17 heavy (non-hydrogen) atoms. The third-order valence-corrected chi connectivity index (χ3v) is 3.91. The Hall–Kier alpha value is -0.580. The second-order valence-corrected chi connectivity index (χ2v) is 5.43. The van der Waals surface area contributed by atoms with Gasteiger partial charge in [0.1, 0.15) is 0 Å². The Kier molecular flexibility index (Phi) is 4.42. The van der Waals surface area contributed by atoms with Crippen LogP contribution in [0, 0.1) is 0 Å². The van der Waals surface area contributed by atoms with Gasteiger partial charge in [-0.3, -0.25) is 0 Å². The van der Waals surface area contributed by atoms with Crippen LogP contribution in [-0.4, -0.2) is 36.9 Å². The molecule has 0 amide bonds. The molecule has 2 atom stereocenters. The molecule has 1 aromatic carbocycles. The van der Waals surface area contributed by atoms with Gasteiger partial charge in [0.2, 0.25) is 0 Å². The lowest BCUT2D eigenvalue weighted by Crippen LogP contribution is -2.56. The zero-order valence-electron chi connectivity index (χ0n) is 10.1. The average molecular weight is 299 g/mol. The molecule has 2 N–H and O–H groups in total. The summed E-state index contributed by atoms with van der Waals surface area (Å²) >= 11 is 3.61. The Morgan fingerprint density at radius 3 is 2.94 bits per heavy atom. The summed E-state index contributed by atoms with van der Waals surface area (Å²) in [6, 6.07) is 9.14. The molecule has 1 aliphatic rings. The topological polar surface area (TPSA) is 35.5 Å². The Morgan fingerprint density at radius 2 is 2.24 bits per heavy atom. The molecular formula is C13H19BrN2O. The van der Waals surface area contributed by atoms with E-state index < -0.39 is 0 Å². The number of piperazine rings is 1. The fourth-order valence-electron chi connectivity index (χ4n) is 2.34. The van der Waals surface area contributed by atoms with E-state index in [-0.39, 0.29) is 6.61 Å². The number of hydrogen-bond donors (Lipinski definition) is 2. The number of halogens is 1. The molecule has 0 saturated carbocycles. The van der Waals surface area contributed by atoms with Crippen LogP contribution in [0.3, 0.4) is 0 Å². The number of nitrogens with zero attached hydrogens (tertiary/aromatic N) is 1. The number of nitrogens with one attached hydrogen (secondary N) is 1. The van der Waals surface area contributed by atoms with E-state index in [2.05, 4.69) is 51.3 Å². The Labute approximate surface area is 111 Å². The molecule has 3 nitrogen and oxygen atoms in total. The standard InChI is InChI=1S/C13H19BrN2O/c1-10-9-16(11(6-7-17)8-15-10)13-5-3-2-4-12(13)14/h2-5,10-11,15,17H,6-9H2,1H3. The first-order chi connectivity index (χ1) is 8.22. The minimum Gasteiger partial charge on any atom is -0.396 e. The largest absolute Gasteiger partial charge is 0.396 e. The highest BCUT2D eigenvalue weighted by Gasteiger charge is 2.26. The van der Waals surface area contributed by atoms with Crippen molar-refractivity contribution in [3.8, 4) is 0 Å². The minimum atomic E-state index is 0.238. The van der Waals surface area contributed by atoms with Crippen molar-refractivity contribution in [3.05, 3.63) is 28.7 Å². The highest BCUT2D eigenvalue weighted by molar-refractivity contribution is 9.10. The van der Waals surface area contributed by atoms with Crippen LogP contribution in [0.1, 0.15) is 13.3 Å². The zero-order valence-corrected chi connectivity index (χ0v) is 11.7. The molecule has 1 heterocycles. The monoisotopic (exact) mass is 298 g/mol. The summed E-state index contributed by atoms with van der Waals surface area (Å²) in [7, 11) is 0. The molecule has 1 aromatic rings. The van der Waals surface area contributed by atoms with E-state index in [1.165, 1.54) is 5.69 Å². The zero-order chi connectivity index (χ0) is 12.3. The lowest BCUT2D eigenvalue weighted by Gasteiger charge is -2.41. The molecule has 2 unspecified atom stereocenters. The molecule has 1 fully saturated rings. The maximum absolute atomic E-state index is 9.15. The fourth-order valence-corrected chi connectivity index (χ4v) is 2.86. The second-order valence-electron chi connectivity index (χ2n) is 4.58. The highest BCUT2D eigenvalue weighted by Crippen LogP contribution is 2.29. The summed E-state index contributed by atoms with van der Waals surface area (Å²) < 4.78 is 1.12. The summed E-state index contributed by atoms with van der Waals surface area (Å²) in [5.74, 6) is 0. The number of benzene rings is 1. The quantitative estimate of drug-likeness (QED) is 0.896. The molecule has 94 valence electrons. The summed E-state index contributed by atoms with van der Waals surface area (Å²) in [5.41, 5.74) is 1.22. The van der Waals surface area contributed by atoms with E-state index in [0.717, 1.165) is 24.0 Å². The summed E-state index contributed by atoms with van der Waals surface area (Å²) in [4.78, 5) is 2.39. The lowest BCUT2D eigenvalue weighted by molar-refractivity contribution is 0.260. The molecule has 0 aliphatic carbocycles. The number of rotatable bonds is 3. The van der Waals surface area contributed by atoms with E-state index in [1.54, 1.807) is 0 Å². The van der Waals surface area contributed by atoms with Gasteiger partial charge in [0.05, 0.1) is 5.69 Å². The number of para-hydroxylation sites is 1. The highest BCUT2D eigenvalue weighted by atomic mass is 79.9. The minimum absolute atomic E-state index is 0.238. The number of aliphatic hydroxyl groups excluding tert-OH is 1. The summed E-state index contributed by atoms with van der Waals surface area (Å²) in [6.45, 7) is 4.34. The molecule has 2 rings (SSSR count). The van der Waals surface area contributed by atoms with Crippen molar-refractivity contribution in [3.63, 3.8) is 0 Å². The van der Waals surface area contributed by atoms with Gasteiger partial charge in [0.15, 0.2) is 0 Å². The Balaban J connectivity index is 2.22. The molecular weight excluding hydrogens is 280 g/mol. The fraction of sp³-hybridized carbons (Fsp3) is 0.538. The SMILES string of the molecule is CC1CN(c2ccccc2Br)C(CCO)CN1. The summed E-state index contributed by atoms with van der Waals surface area (Å²) in [6.07, 6.45) is 0.807. The predicted molar refractivity (Wildman–Crippen MR) is 74.4 cm³/mol. The maximum Gasteiger partial charge on any atom is 0.0514 e. The van der Waals surface area contributed by atoms with Crippen LogP contribution in [0.25, 0.3) is 0 Å². The Morgan fingerprint density at radius 1 is 1.47 bits per heavy atom. The van der Waals surface area contributed by atoms with Crippen LogP contribution < -0.4 is 10.2 Å². The van der Waals surface area contributed by atoms with Gasteiger partial charge in [-0.05, 0) is 41.4 Å². The van der Waals surface area contributed by atoms with Gasteiger partial charge >= 0.3 is 0 Å². The third-order valence-electron chi connectivity index (χ3n) is 3.24.